The van der Waals surface area contributed by atoms with E-state index in [-0.39, 0.29) is 5.56 Å². The maximum atomic E-state index is 12.8. The zero-order chi connectivity index (χ0) is 24.2. The van der Waals surface area contributed by atoms with Gasteiger partial charge in [-0.25, -0.2) is 0 Å². The van der Waals surface area contributed by atoms with Gasteiger partial charge in [0.2, 0.25) is 4.96 Å². The molecule has 0 N–H and O–H groups in total. The van der Waals surface area contributed by atoms with E-state index in [4.69, 9.17) is 20.8 Å². The predicted molar refractivity (Wildman–Crippen MR) is 141 cm³/mol. The maximum absolute atomic E-state index is 12.8. The van der Waals surface area contributed by atoms with Crippen LogP contribution in [0.1, 0.15) is 36.9 Å². The number of hydrogen-bond donors (Lipinski definition) is 0. The van der Waals surface area contributed by atoms with Gasteiger partial charge in [-0.1, -0.05) is 66.6 Å². The van der Waals surface area contributed by atoms with E-state index in [1.165, 1.54) is 15.9 Å². The fourth-order valence-corrected chi connectivity index (χ4v) is 4.59. The highest BCUT2D eigenvalue weighted by Crippen LogP contribution is 2.29. The first-order chi connectivity index (χ1) is 17.1. The second-order valence-electron chi connectivity index (χ2n) is 7.87. The number of nitrogens with zero attached hydrogens (tertiary/aromatic N) is 3. The Bertz CT molecular complexity index is 1600. The van der Waals surface area contributed by atoms with E-state index in [0.29, 0.717) is 31.9 Å². The lowest BCUT2D eigenvalue weighted by Crippen LogP contribution is -2.23. The van der Waals surface area contributed by atoms with Crippen molar-refractivity contribution in [1.82, 2.24) is 14.6 Å². The van der Waals surface area contributed by atoms with Crippen LogP contribution in [-0.2, 0) is 0 Å². The minimum absolute atomic E-state index is 0.235. The standard InChI is InChI=1S/C27H22ClN3O3S/c1-2-3-16-33-19-11-8-18(9-12-19)10-15-25-29-27-31(30-25)26(32)24(35-27)17-20-13-14-23(34-20)21-6-4-5-7-22(21)28/h4-15,17H,2-3,16H2,1H3/b15-10+,24-17-. The summed E-state index contributed by atoms with van der Waals surface area (Å²) in [6.07, 6.45) is 7.54. The maximum Gasteiger partial charge on any atom is 0.291 e. The number of hydrogen-bond acceptors (Lipinski definition) is 6. The number of furan rings is 1. The van der Waals surface area contributed by atoms with Crippen LogP contribution in [-0.4, -0.2) is 21.2 Å². The van der Waals surface area contributed by atoms with Crippen molar-refractivity contribution in [2.24, 2.45) is 0 Å². The molecule has 0 unspecified atom stereocenters. The van der Waals surface area contributed by atoms with E-state index in [9.17, 15) is 4.79 Å². The molecule has 0 aliphatic heterocycles. The second-order valence-corrected chi connectivity index (χ2v) is 9.28. The minimum atomic E-state index is -0.235. The van der Waals surface area contributed by atoms with Crippen LogP contribution in [0.2, 0.25) is 5.02 Å². The smallest absolute Gasteiger partial charge is 0.291 e. The predicted octanol–water partition coefficient (Wildman–Crippen LogP) is 5.96. The molecule has 3 heterocycles. The molecule has 2 aromatic carbocycles. The summed E-state index contributed by atoms with van der Waals surface area (Å²) in [7, 11) is 0. The van der Waals surface area contributed by atoms with Crippen LogP contribution < -0.4 is 14.8 Å². The molecular formula is C27H22ClN3O3S. The lowest BCUT2D eigenvalue weighted by Gasteiger charge is -2.04. The summed E-state index contributed by atoms with van der Waals surface area (Å²) in [4.78, 5) is 17.8. The van der Waals surface area contributed by atoms with Gasteiger partial charge < -0.3 is 9.15 Å². The van der Waals surface area contributed by atoms with E-state index in [0.717, 1.165) is 36.3 Å². The molecular weight excluding hydrogens is 482 g/mol. The Balaban J connectivity index is 1.33. The van der Waals surface area contributed by atoms with Gasteiger partial charge in [-0.3, -0.25) is 4.79 Å². The molecule has 0 aliphatic rings. The fraction of sp³-hybridized carbons (Fsp3) is 0.148. The van der Waals surface area contributed by atoms with Crippen LogP contribution in [0.4, 0.5) is 0 Å². The quantitative estimate of drug-likeness (QED) is 0.244. The third kappa shape index (κ3) is 5.21. The molecule has 3 aromatic heterocycles. The number of thiazole rings is 1. The van der Waals surface area contributed by atoms with Crippen LogP contribution in [0.25, 0.3) is 34.5 Å². The van der Waals surface area contributed by atoms with E-state index >= 15 is 0 Å². The molecule has 0 fully saturated rings. The molecule has 0 bridgehead atoms. The molecule has 5 aromatic rings. The Kier molecular flexibility index (Phi) is 6.79. The molecule has 35 heavy (non-hydrogen) atoms. The van der Waals surface area contributed by atoms with E-state index in [2.05, 4.69) is 17.0 Å². The van der Waals surface area contributed by atoms with E-state index in [1.54, 1.807) is 12.2 Å². The van der Waals surface area contributed by atoms with Crippen molar-refractivity contribution >= 4 is 46.1 Å². The summed E-state index contributed by atoms with van der Waals surface area (Å²) < 4.78 is 13.4. The Labute approximate surface area is 210 Å². The average molecular weight is 504 g/mol. The van der Waals surface area contributed by atoms with Crippen molar-refractivity contribution in [1.29, 1.82) is 0 Å². The molecule has 0 spiro atoms. The van der Waals surface area contributed by atoms with Gasteiger partial charge in [0.15, 0.2) is 5.82 Å². The summed E-state index contributed by atoms with van der Waals surface area (Å²) in [5.74, 6) is 2.53. The fourth-order valence-electron chi connectivity index (χ4n) is 3.47. The molecule has 0 aliphatic carbocycles. The first-order valence-electron chi connectivity index (χ1n) is 11.3. The molecule has 0 saturated heterocycles. The normalized spacial score (nSPS) is 12.2. The largest absolute Gasteiger partial charge is 0.494 e. The van der Waals surface area contributed by atoms with Gasteiger partial charge in [0.05, 0.1) is 11.6 Å². The topological polar surface area (TPSA) is 69.6 Å². The Hall–Kier alpha value is -3.68. The molecule has 0 amide bonds. The monoisotopic (exact) mass is 503 g/mol. The third-order valence-corrected chi connectivity index (χ3v) is 6.60. The van der Waals surface area contributed by atoms with E-state index < -0.39 is 0 Å². The van der Waals surface area contributed by atoms with Crippen LogP contribution in [0.5, 0.6) is 5.75 Å². The van der Waals surface area contributed by atoms with Crippen LogP contribution in [0.3, 0.4) is 0 Å². The van der Waals surface area contributed by atoms with Crippen LogP contribution >= 0.6 is 22.9 Å². The molecule has 176 valence electrons. The zero-order valence-corrected chi connectivity index (χ0v) is 20.6. The lowest BCUT2D eigenvalue weighted by molar-refractivity contribution is 0.309. The summed E-state index contributed by atoms with van der Waals surface area (Å²) in [5.41, 5.74) is 1.56. The van der Waals surface area contributed by atoms with Crippen molar-refractivity contribution in [3.05, 3.63) is 97.7 Å². The van der Waals surface area contributed by atoms with Crippen molar-refractivity contribution in [2.75, 3.05) is 6.61 Å². The van der Waals surface area contributed by atoms with Gasteiger partial charge >= 0.3 is 0 Å². The molecule has 0 saturated carbocycles. The zero-order valence-electron chi connectivity index (χ0n) is 19.0. The van der Waals surface area contributed by atoms with Crippen molar-refractivity contribution in [2.45, 2.75) is 19.8 Å². The number of ether oxygens (including phenoxy) is 1. The summed E-state index contributed by atoms with van der Waals surface area (Å²) in [5, 5.41) is 4.95. The SMILES string of the molecule is CCCCOc1ccc(/C=C/c2nc3s/c(=C\c4ccc(-c5ccccc5Cl)o4)c(=O)n3n2)cc1. The lowest BCUT2D eigenvalue weighted by atomic mass is 10.2. The number of aromatic nitrogens is 3. The summed E-state index contributed by atoms with van der Waals surface area (Å²) in [6, 6.07) is 18.9. The van der Waals surface area contributed by atoms with Crippen LogP contribution in [0.15, 0.2) is 69.9 Å². The highest BCUT2D eigenvalue weighted by Gasteiger charge is 2.11. The first-order valence-corrected chi connectivity index (χ1v) is 12.5. The number of rotatable bonds is 8. The summed E-state index contributed by atoms with van der Waals surface area (Å²) >= 11 is 7.52. The first kappa shape index (κ1) is 23.1. The molecule has 0 atom stereocenters. The molecule has 8 heteroatoms. The van der Waals surface area contributed by atoms with Crippen molar-refractivity contribution < 1.29 is 9.15 Å². The number of fused-ring (bicyclic) bond motifs is 1. The van der Waals surface area contributed by atoms with Gasteiger partial charge in [0, 0.05) is 11.6 Å². The van der Waals surface area contributed by atoms with Gasteiger partial charge in [0.25, 0.3) is 5.56 Å². The molecule has 0 radical (unpaired) electrons. The third-order valence-electron chi connectivity index (χ3n) is 5.31. The minimum Gasteiger partial charge on any atom is -0.494 e. The Morgan fingerprint density at radius 1 is 1.09 bits per heavy atom. The average Bonchev–Trinajstić information content (AvgIpc) is 3.56. The number of benzene rings is 2. The Morgan fingerprint density at radius 2 is 1.91 bits per heavy atom. The second kappa shape index (κ2) is 10.3. The van der Waals surface area contributed by atoms with Gasteiger partial charge in [0.1, 0.15) is 21.8 Å². The van der Waals surface area contributed by atoms with Crippen LogP contribution in [0, 0.1) is 0 Å². The van der Waals surface area contributed by atoms with Gasteiger partial charge in [-0.15, -0.1) is 5.10 Å². The molecule has 5 rings (SSSR count). The highest BCUT2D eigenvalue weighted by molar-refractivity contribution is 7.15. The van der Waals surface area contributed by atoms with Gasteiger partial charge in [-0.2, -0.15) is 9.50 Å². The Morgan fingerprint density at radius 3 is 2.69 bits per heavy atom. The highest BCUT2D eigenvalue weighted by atomic mass is 35.5. The number of unbranched alkanes of at least 4 members (excludes halogenated alkanes) is 1. The van der Waals surface area contributed by atoms with E-state index in [1.807, 2.05) is 66.7 Å². The van der Waals surface area contributed by atoms with Crippen molar-refractivity contribution in [3.63, 3.8) is 0 Å². The molecule has 6 nitrogen and oxygen atoms in total. The summed E-state index contributed by atoms with van der Waals surface area (Å²) in [6.45, 7) is 2.86. The van der Waals surface area contributed by atoms with Crippen molar-refractivity contribution in [3.8, 4) is 17.1 Å². The van der Waals surface area contributed by atoms with Gasteiger partial charge in [-0.05, 0) is 54.5 Å². The number of halogens is 1.